The van der Waals surface area contributed by atoms with Gasteiger partial charge in [0.25, 0.3) is 5.91 Å². The first-order valence-electron chi connectivity index (χ1n) is 6.29. The van der Waals surface area contributed by atoms with E-state index in [1.54, 1.807) is 30.3 Å². The summed E-state index contributed by atoms with van der Waals surface area (Å²) in [4.78, 5) is 12.1. The second-order valence-corrected chi connectivity index (χ2v) is 6.17. The van der Waals surface area contributed by atoms with Crippen molar-refractivity contribution in [1.82, 2.24) is 10.2 Å². The minimum Gasteiger partial charge on any atom is -0.296 e. The molecule has 0 unspecified atom stereocenters. The van der Waals surface area contributed by atoms with Crippen LogP contribution in [0, 0.1) is 0 Å². The fourth-order valence-corrected chi connectivity index (χ4v) is 2.97. The minimum atomic E-state index is -0.265. The van der Waals surface area contributed by atoms with Crippen LogP contribution in [-0.2, 0) is 0 Å². The number of hydrogen-bond acceptors (Lipinski definition) is 4. The Morgan fingerprint density at radius 1 is 1.00 bits per heavy atom. The van der Waals surface area contributed by atoms with Crippen molar-refractivity contribution in [3.05, 3.63) is 64.1 Å². The second-order valence-electron chi connectivity index (χ2n) is 4.35. The molecule has 22 heavy (non-hydrogen) atoms. The Morgan fingerprint density at radius 3 is 2.45 bits per heavy atom. The van der Waals surface area contributed by atoms with E-state index >= 15 is 0 Å². The summed E-state index contributed by atoms with van der Waals surface area (Å²) in [5.74, 6) is -0.265. The molecule has 0 aliphatic rings. The lowest BCUT2D eigenvalue weighted by Crippen LogP contribution is -2.11. The third kappa shape index (κ3) is 3.27. The third-order valence-electron chi connectivity index (χ3n) is 2.86. The maximum Gasteiger partial charge on any atom is 0.257 e. The number of anilines is 1. The lowest BCUT2D eigenvalue weighted by Gasteiger charge is -2.01. The molecule has 0 spiro atoms. The van der Waals surface area contributed by atoms with Crippen molar-refractivity contribution in [2.45, 2.75) is 0 Å². The van der Waals surface area contributed by atoms with Crippen LogP contribution in [0.3, 0.4) is 0 Å². The van der Waals surface area contributed by atoms with Crippen molar-refractivity contribution in [2.24, 2.45) is 0 Å². The maximum atomic E-state index is 12.1. The van der Waals surface area contributed by atoms with Gasteiger partial charge in [0, 0.05) is 16.1 Å². The molecule has 0 saturated heterocycles. The van der Waals surface area contributed by atoms with Crippen molar-refractivity contribution in [3.63, 3.8) is 0 Å². The Labute approximate surface area is 140 Å². The maximum absolute atomic E-state index is 12.1. The molecular formula is C15H9Cl2N3OS. The Kier molecular flexibility index (Phi) is 4.38. The minimum absolute atomic E-state index is 0.265. The van der Waals surface area contributed by atoms with Gasteiger partial charge in [-0.2, -0.15) is 0 Å². The van der Waals surface area contributed by atoms with Gasteiger partial charge in [0.05, 0.1) is 5.02 Å². The molecule has 0 atom stereocenters. The number of benzene rings is 2. The van der Waals surface area contributed by atoms with Crippen molar-refractivity contribution in [1.29, 1.82) is 0 Å². The molecule has 3 aromatic rings. The molecule has 110 valence electrons. The van der Waals surface area contributed by atoms with E-state index in [4.69, 9.17) is 23.2 Å². The Balaban J connectivity index is 1.78. The first-order valence-corrected chi connectivity index (χ1v) is 7.86. The van der Waals surface area contributed by atoms with E-state index in [2.05, 4.69) is 15.5 Å². The van der Waals surface area contributed by atoms with Gasteiger partial charge in [-0.3, -0.25) is 10.1 Å². The van der Waals surface area contributed by atoms with Gasteiger partial charge >= 0.3 is 0 Å². The summed E-state index contributed by atoms with van der Waals surface area (Å²) in [6.07, 6.45) is 0. The van der Waals surface area contributed by atoms with E-state index in [0.717, 1.165) is 5.56 Å². The zero-order valence-corrected chi connectivity index (χ0v) is 13.4. The van der Waals surface area contributed by atoms with Crippen LogP contribution in [0.15, 0.2) is 48.5 Å². The van der Waals surface area contributed by atoms with Crippen LogP contribution < -0.4 is 5.32 Å². The highest BCUT2D eigenvalue weighted by Gasteiger charge is 2.12. The predicted molar refractivity (Wildman–Crippen MR) is 89.8 cm³/mol. The van der Waals surface area contributed by atoms with Gasteiger partial charge in [-0.15, -0.1) is 10.2 Å². The third-order valence-corrected chi connectivity index (χ3v) is 4.31. The van der Waals surface area contributed by atoms with E-state index in [-0.39, 0.29) is 5.91 Å². The Bertz CT molecular complexity index is 818. The molecular weight excluding hydrogens is 341 g/mol. The summed E-state index contributed by atoms with van der Waals surface area (Å²) in [7, 11) is 0. The molecule has 1 aromatic heterocycles. The summed E-state index contributed by atoms with van der Waals surface area (Å²) < 4.78 is 0. The molecule has 1 heterocycles. The summed E-state index contributed by atoms with van der Waals surface area (Å²) in [6, 6.07) is 14.0. The standard InChI is InChI=1S/C15H9Cl2N3OS/c16-10-7-5-9(6-8-10)13(21)18-15-20-19-14(22-15)11-3-1-2-4-12(11)17/h1-8H,(H,18,20,21). The molecule has 0 saturated carbocycles. The number of aromatic nitrogens is 2. The smallest absolute Gasteiger partial charge is 0.257 e. The molecule has 3 rings (SSSR count). The van der Waals surface area contributed by atoms with Crippen LogP contribution in [0.25, 0.3) is 10.6 Å². The van der Waals surface area contributed by atoms with Crippen LogP contribution in [0.5, 0.6) is 0 Å². The number of amides is 1. The Hall–Kier alpha value is -1.95. The van der Waals surface area contributed by atoms with Crippen molar-refractivity contribution in [2.75, 3.05) is 5.32 Å². The first-order chi connectivity index (χ1) is 10.6. The fourth-order valence-electron chi connectivity index (χ4n) is 1.79. The highest BCUT2D eigenvalue weighted by Crippen LogP contribution is 2.31. The summed E-state index contributed by atoms with van der Waals surface area (Å²) in [6.45, 7) is 0. The van der Waals surface area contributed by atoms with Gasteiger partial charge in [0.2, 0.25) is 5.13 Å². The fraction of sp³-hybridized carbons (Fsp3) is 0. The quantitative estimate of drug-likeness (QED) is 0.741. The van der Waals surface area contributed by atoms with Gasteiger partial charge in [-0.05, 0) is 30.3 Å². The monoisotopic (exact) mass is 349 g/mol. The number of nitrogens with zero attached hydrogens (tertiary/aromatic N) is 2. The van der Waals surface area contributed by atoms with Crippen LogP contribution in [0.2, 0.25) is 10.0 Å². The number of nitrogens with one attached hydrogen (secondary N) is 1. The average molecular weight is 350 g/mol. The summed E-state index contributed by atoms with van der Waals surface area (Å²) in [5.41, 5.74) is 1.28. The molecule has 0 radical (unpaired) electrons. The van der Waals surface area contributed by atoms with Crippen molar-refractivity contribution in [3.8, 4) is 10.6 Å². The van der Waals surface area contributed by atoms with Crippen molar-refractivity contribution >= 4 is 45.6 Å². The molecule has 7 heteroatoms. The number of hydrogen-bond donors (Lipinski definition) is 1. The predicted octanol–water partition coefficient (Wildman–Crippen LogP) is 4.76. The zero-order chi connectivity index (χ0) is 15.5. The highest BCUT2D eigenvalue weighted by molar-refractivity contribution is 7.18. The number of carbonyl (C=O) groups excluding carboxylic acids is 1. The molecule has 1 N–H and O–H groups in total. The Morgan fingerprint density at radius 2 is 1.73 bits per heavy atom. The van der Waals surface area contributed by atoms with Crippen LogP contribution in [0.4, 0.5) is 5.13 Å². The van der Waals surface area contributed by atoms with Gasteiger partial charge in [-0.1, -0.05) is 52.7 Å². The van der Waals surface area contributed by atoms with E-state index in [0.29, 0.717) is 25.7 Å². The molecule has 0 bridgehead atoms. The molecule has 2 aromatic carbocycles. The van der Waals surface area contributed by atoms with Crippen LogP contribution >= 0.6 is 34.5 Å². The summed E-state index contributed by atoms with van der Waals surface area (Å²) in [5, 5.41) is 13.0. The van der Waals surface area contributed by atoms with Crippen LogP contribution in [0.1, 0.15) is 10.4 Å². The highest BCUT2D eigenvalue weighted by atomic mass is 35.5. The van der Waals surface area contributed by atoms with E-state index in [9.17, 15) is 4.79 Å². The van der Waals surface area contributed by atoms with E-state index in [1.807, 2.05) is 18.2 Å². The van der Waals surface area contributed by atoms with E-state index in [1.165, 1.54) is 11.3 Å². The van der Waals surface area contributed by atoms with Gasteiger partial charge in [0.1, 0.15) is 0 Å². The number of halogens is 2. The lowest BCUT2D eigenvalue weighted by molar-refractivity contribution is 0.102. The molecule has 0 aliphatic carbocycles. The van der Waals surface area contributed by atoms with Crippen LogP contribution in [-0.4, -0.2) is 16.1 Å². The lowest BCUT2D eigenvalue weighted by atomic mass is 10.2. The number of rotatable bonds is 3. The molecule has 4 nitrogen and oxygen atoms in total. The molecule has 1 amide bonds. The van der Waals surface area contributed by atoms with Gasteiger partial charge in [0.15, 0.2) is 5.01 Å². The SMILES string of the molecule is O=C(Nc1nnc(-c2ccccc2Cl)s1)c1ccc(Cl)cc1. The van der Waals surface area contributed by atoms with Crippen molar-refractivity contribution < 1.29 is 4.79 Å². The largest absolute Gasteiger partial charge is 0.296 e. The topological polar surface area (TPSA) is 54.9 Å². The van der Waals surface area contributed by atoms with E-state index < -0.39 is 0 Å². The van der Waals surface area contributed by atoms with Gasteiger partial charge < -0.3 is 0 Å². The molecule has 0 fully saturated rings. The zero-order valence-electron chi connectivity index (χ0n) is 11.1. The van der Waals surface area contributed by atoms with Gasteiger partial charge in [-0.25, -0.2) is 0 Å². The summed E-state index contributed by atoms with van der Waals surface area (Å²) >= 11 is 13.2. The normalized spacial score (nSPS) is 10.5. The number of carbonyl (C=O) groups is 1. The first kappa shape index (κ1) is 15.0. The average Bonchev–Trinajstić information content (AvgIpc) is 2.96. The second kappa shape index (κ2) is 6.44. The molecule has 0 aliphatic heterocycles.